The van der Waals surface area contributed by atoms with Crippen molar-refractivity contribution in [3.05, 3.63) is 35.7 Å². The zero-order chi connectivity index (χ0) is 13.0. The molecule has 0 radical (unpaired) electrons. The van der Waals surface area contributed by atoms with Gasteiger partial charge in [-0.15, -0.1) is 0 Å². The second-order valence-electron chi connectivity index (χ2n) is 4.44. The highest BCUT2D eigenvalue weighted by molar-refractivity contribution is 5.53. The normalized spacial score (nSPS) is 12.6. The first-order chi connectivity index (χ1) is 8.72. The Morgan fingerprint density at radius 1 is 1.22 bits per heavy atom. The minimum absolute atomic E-state index is 0.0953. The van der Waals surface area contributed by atoms with Gasteiger partial charge in [-0.3, -0.25) is 0 Å². The van der Waals surface area contributed by atoms with Gasteiger partial charge in [-0.2, -0.15) is 4.98 Å². The fourth-order valence-corrected chi connectivity index (χ4v) is 1.72. The van der Waals surface area contributed by atoms with E-state index in [-0.39, 0.29) is 6.04 Å². The van der Waals surface area contributed by atoms with Crippen molar-refractivity contribution in [1.29, 1.82) is 0 Å². The van der Waals surface area contributed by atoms with Crippen molar-refractivity contribution in [3.63, 3.8) is 0 Å². The van der Waals surface area contributed by atoms with Crippen LogP contribution in [0.25, 0.3) is 11.5 Å². The van der Waals surface area contributed by atoms with Crippen LogP contribution < -0.4 is 5.73 Å². The summed E-state index contributed by atoms with van der Waals surface area (Å²) in [4.78, 5) is 4.37. The number of benzene rings is 1. The molecule has 0 aliphatic carbocycles. The molecule has 4 nitrogen and oxygen atoms in total. The Bertz CT molecular complexity index is 490. The van der Waals surface area contributed by atoms with Gasteiger partial charge in [0.1, 0.15) is 0 Å². The first kappa shape index (κ1) is 12.8. The van der Waals surface area contributed by atoms with Crippen LogP contribution >= 0.6 is 0 Å². The SMILES string of the molecule is CCc1ccc(-c2nc(CC(N)CC)no2)cc1. The maximum atomic E-state index is 5.87. The van der Waals surface area contributed by atoms with Crippen molar-refractivity contribution >= 4 is 0 Å². The Kier molecular flexibility index (Phi) is 4.10. The molecular weight excluding hydrogens is 226 g/mol. The monoisotopic (exact) mass is 245 g/mol. The number of rotatable bonds is 5. The van der Waals surface area contributed by atoms with Crippen molar-refractivity contribution in [3.8, 4) is 11.5 Å². The predicted octanol–water partition coefficient (Wildman–Crippen LogP) is 2.58. The number of hydrogen-bond acceptors (Lipinski definition) is 4. The van der Waals surface area contributed by atoms with E-state index >= 15 is 0 Å². The molecule has 0 saturated heterocycles. The molecule has 0 aliphatic rings. The summed E-state index contributed by atoms with van der Waals surface area (Å²) in [6.45, 7) is 4.18. The second-order valence-corrected chi connectivity index (χ2v) is 4.44. The molecule has 2 rings (SSSR count). The van der Waals surface area contributed by atoms with Gasteiger partial charge in [-0.05, 0) is 30.5 Å². The summed E-state index contributed by atoms with van der Waals surface area (Å²) in [5, 5.41) is 3.96. The standard InChI is InChI=1S/C14H19N3O/c1-3-10-5-7-11(8-6-10)14-16-13(17-18-14)9-12(15)4-2/h5-8,12H,3-4,9,15H2,1-2H3. The minimum atomic E-state index is 0.0953. The van der Waals surface area contributed by atoms with Crippen LogP contribution in [0.4, 0.5) is 0 Å². The maximum Gasteiger partial charge on any atom is 0.257 e. The van der Waals surface area contributed by atoms with Crippen LogP contribution in [0, 0.1) is 0 Å². The fourth-order valence-electron chi connectivity index (χ4n) is 1.72. The first-order valence-electron chi connectivity index (χ1n) is 6.40. The van der Waals surface area contributed by atoms with E-state index in [2.05, 4.69) is 36.1 Å². The average molecular weight is 245 g/mol. The van der Waals surface area contributed by atoms with E-state index in [1.54, 1.807) is 0 Å². The summed E-state index contributed by atoms with van der Waals surface area (Å²) in [6.07, 6.45) is 2.60. The number of nitrogens with two attached hydrogens (primary N) is 1. The molecule has 2 aromatic rings. The molecule has 0 bridgehead atoms. The molecule has 1 aromatic carbocycles. The van der Waals surface area contributed by atoms with E-state index in [1.807, 2.05) is 12.1 Å². The smallest absolute Gasteiger partial charge is 0.257 e. The summed E-state index contributed by atoms with van der Waals surface area (Å²) >= 11 is 0. The molecule has 0 fully saturated rings. The molecule has 0 saturated carbocycles. The van der Waals surface area contributed by atoms with Crippen LogP contribution in [0.5, 0.6) is 0 Å². The van der Waals surface area contributed by atoms with Gasteiger partial charge < -0.3 is 10.3 Å². The summed E-state index contributed by atoms with van der Waals surface area (Å²) in [6, 6.07) is 8.28. The molecule has 96 valence electrons. The van der Waals surface area contributed by atoms with Crippen LogP contribution in [0.2, 0.25) is 0 Å². The maximum absolute atomic E-state index is 5.87. The van der Waals surface area contributed by atoms with E-state index in [1.165, 1.54) is 5.56 Å². The molecule has 1 atom stereocenters. The molecule has 2 N–H and O–H groups in total. The lowest BCUT2D eigenvalue weighted by atomic mass is 10.1. The summed E-state index contributed by atoms with van der Waals surface area (Å²) < 4.78 is 5.25. The van der Waals surface area contributed by atoms with Gasteiger partial charge in [0.25, 0.3) is 5.89 Å². The van der Waals surface area contributed by atoms with Crippen molar-refractivity contribution in [1.82, 2.24) is 10.1 Å². The van der Waals surface area contributed by atoms with Crippen LogP contribution in [-0.2, 0) is 12.8 Å². The van der Waals surface area contributed by atoms with E-state index in [0.29, 0.717) is 18.1 Å². The van der Waals surface area contributed by atoms with Crippen molar-refractivity contribution in [2.24, 2.45) is 5.73 Å². The van der Waals surface area contributed by atoms with Gasteiger partial charge in [0.15, 0.2) is 5.82 Å². The summed E-state index contributed by atoms with van der Waals surface area (Å²) in [7, 11) is 0. The third-order valence-corrected chi connectivity index (χ3v) is 3.05. The second kappa shape index (κ2) is 5.78. The Hall–Kier alpha value is -1.68. The number of aryl methyl sites for hydroxylation is 1. The number of aromatic nitrogens is 2. The lowest BCUT2D eigenvalue weighted by Gasteiger charge is -2.02. The Balaban J connectivity index is 2.13. The molecule has 0 amide bonds. The van der Waals surface area contributed by atoms with Crippen LogP contribution in [0.3, 0.4) is 0 Å². The summed E-state index contributed by atoms with van der Waals surface area (Å²) in [5.41, 5.74) is 8.12. The molecule has 4 heteroatoms. The van der Waals surface area contributed by atoms with E-state index in [9.17, 15) is 0 Å². The molecular formula is C14H19N3O. The molecule has 0 aliphatic heterocycles. The van der Waals surface area contributed by atoms with E-state index in [4.69, 9.17) is 10.3 Å². The van der Waals surface area contributed by atoms with Gasteiger partial charge in [0.05, 0.1) is 0 Å². The first-order valence-corrected chi connectivity index (χ1v) is 6.40. The van der Waals surface area contributed by atoms with Crippen LogP contribution in [-0.4, -0.2) is 16.2 Å². The molecule has 1 aromatic heterocycles. The Morgan fingerprint density at radius 3 is 2.56 bits per heavy atom. The molecule has 0 spiro atoms. The largest absolute Gasteiger partial charge is 0.334 e. The summed E-state index contributed by atoms with van der Waals surface area (Å²) in [5.74, 6) is 1.25. The third-order valence-electron chi connectivity index (χ3n) is 3.05. The lowest BCUT2D eigenvalue weighted by Crippen LogP contribution is -2.21. The minimum Gasteiger partial charge on any atom is -0.334 e. The zero-order valence-electron chi connectivity index (χ0n) is 10.9. The predicted molar refractivity (Wildman–Crippen MR) is 71.1 cm³/mol. The number of nitrogens with zero attached hydrogens (tertiary/aromatic N) is 2. The van der Waals surface area contributed by atoms with E-state index in [0.717, 1.165) is 18.4 Å². The quantitative estimate of drug-likeness (QED) is 0.879. The Labute approximate surface area is 107 Å². The average Bonchev–Trinajstić information content (AvgIpc) is 2.87. The van der Waals surface area contributed by atoms with Gasteiger partial charge in [0.2, 0.25) is 0 Å². The Morgan fingerprint density at radius 2 is 1.94 bits per heavy atom. The molecule has 1 unspecified atom stereocenters. The zero-order valence-corrected chi connectivity index (χ0v) is 10.9. The highest BCUT2D eigenvalue weighted by atomic mass is 16.5. The highest BCUT2D eigenvalue weighted by Crippen LogP contribution is 2.18. The van der Waals surface area contributed by atoms with Crippen LogP contribution in [0.1, 0.15) is 31.7 Å². The highest BCUT2D eigenvalue weighted by Gasteiger charge is 2.11. The third kappa shape index (κ3) is 2.96. The lowest BCUT2D eigenvalue weighted by molar-refractivity contribution is 0.419. The molecule has 18 heavy (non-hydrogen) atoms. The van der Waals surface area contributed by atoms with Crippen molar-refractivity contribution in [2.75, 3.05) is 0 Å². The van der Waals surface area contributed by atoms with E-state index < -0.39 is 0 Å². The van der Waals surface area contributed by atoms with Gasteiger partial charge in [-0.1, -0.05) is 31.1 Å². The van der Waals surface area contributed by atoms with Gasteiger partial charge >= 0.3 is 0 Å². The number of hydrogen-bond donors (Lipinski definition) is 1. The van der Waals surface area contributed by atoms with Crippen molar-refractivity contribution in [2.45, 2.75) is 39.2 Å². The topological polar surface area (TPSA) is 64.9 Å². The molecule has 1 heterocycles. The van der Waals surface area contributed by atoms with Gasteiger partial charge in [-0.25, -0.2) is 0 Å². The van der Waals surface area contributed by atoms with Crippen molar-refractivity contribution < 1.29 is 4.52 Å². The fraction of sp³-hybridized carbons (Fsp3) is 0.429. The van der Waals surface area contributed by atoms with Crippen LogP contribution in [0.15, 0.2) is 28.8 Å². The van der Waals surface area contributed by atoms with Gasteiger partial charge in [0, 0.05) is 18.0 Å².